The second-order valence-corrected chi connectivity index (χ2v) is 10.0. The molecule has 32 heavy (non-hydrogen) atoms. The Hall–Kier alpha value is -2.26. The molecule has 2 aromatic carbocycles. The maximum atomic E-state index is 13.3. The molecule has 3 atom stereocenters. The molecule has 0 aromatic heterocycles. The number of anilines is 1. The van der Waals surface area contributed by atoms with Crippen molar-refractivity contribution >= 4 is 34.9 Å². The second kappa shape index (κ2) is 9.31. The standard InChI is InChI=1S/C25H28Cl2N4O/c1-30(2)10-11-31(24(32)29-20-6-7-22(26)23(27)14-20)21-8-9-25(15-19(25)13-21)18-5-3-4-17(12-18)16-28/h3-7,12,14,19,21H,8-11,13,15H2,1-2H3,(H,29,32)/t19?,21-,25+/m1/s1. The maximum absolute atomic E-state index is 13.3. The van der Waals surface area contributed by atoms with Gasteiger partial charge in [0.1, 0.15) is 0 Å². The number of nitrogens with one attached hydrogen (secondary N) is 1. The molecule has 2 fully saturated rings. The predicted molar refractivity (Wildman–Crippen MR) is 129 cm³/mol. The Labute approximate surface area is 199 Å². The summed E-state index contributed by atoms with van der Waals surface area (Å²) in [5.74, 6) is 0.551. The maximum Gasteiger partial charge on any atom is 0.322 e. The fourth-order valence-corrected chi connectivity index (χ4v) is 5.37. The number of amides is 2. The minimum absolute atomic E-state index is 0.102. The largest absolute Gasteiger partial charge is 0.322 e. The zero-order valence-electron chi connectivity index (χ0n) is 18.4. The Kier molecular flexibility index (Phi) is 6.67. The minimum atomic E-state index is -0.102. The zero-order chi connectivity index (χ0) is 22.9. The highest BCUT2D eigenvalue weighted by Crippen LogP contribution is 2.62. The zero-order valence-corrected chi connectivity index (χ0v) is 20.0. The normalized spacial score (nSPS) is 23.9. The van der Waals surface area contributed by atoms with Crippen LogP contribution in [0.2, 0.25) is 10.0 Å². The molecule has 0 bridgehead atoms. The van der Waals surface area contributed by atoms with E-state index in [4.69, 9.17) is 23.2 Å². The molecule has 2 saturated carbocycles. The molecule has 2 amide bonds. The van der Waals surface area contributed by atoms with Crippen LogP contribution in [0, 0.1) is 17.2 Å². The molecule has 0 aliphatic heterocycles. The highest BCUT2D eigenvalue weighted by atomic mass is 35.5. The van der Waals surface area contributed by atoms with Gasteiger partial charge in [0.25, 0.3) is 0 Å². The number of benzene rings is 2. The topological polar surface area (TPSA) is 59.4 Å². The fourth-order valence-electron chi connectivity index (χ4n) is 5.07. The molecule has 0 heterocycles. The predicted octanol–water partition coefficient (Wildman–Crippen LogP) is 5.77. The number of nitrogens with zero attached hydrogens (tertiary/aromatic N) is 3. The van der Waals surface area contributed by atoms with Gasteiger partial charge < -0.3 is 15.1 Å². The third-order valence-corrected chi connectivity index (χ3v) is 7.68. The van der Waals surface area contributed by atoms with Gasteiger partial charge >= 0.3 is 6.03 Å². The molecule has 5 nitrogen and oxygen atoms in total. The smallest absolute Gasteiger partial charge is 0.320 e. The molecule has 0 spiro atoms. The first-order valence-corrected chi connectivity index (χ1v) is 11.8. The van der Waals surface area contributed by atoms with Gasteiger partial charge in [0.2, 0.25) is 0 Å². The van der Waals surface area contributed by atoms with Gasteiger partial charge in [-0.1, -0.05) is 35.3 Å². The molecule has 1 N–H and O–H groups in total. The van der Waals surface area contributed by atoms with Gasteiger partial charge in [0, 0.05) is 24.8 Å². The summed E-state index contributed by atoms with van der Waals surface area (Å²) in [7, 11) is 4.04. The van der Waals surface area contributed by atoms with Crippen LogP contribution >= 0.6 is 23.2 Å². The number of urea groups is 1. The summed E-state index contributed by atoms with van der Waals surface area (Å²) in [6.45, 7) is 1.46. The molecular formula is C25H28Cl2N4O. The lowest BCUT2D eigenvalue weighted by Gasteiger charge is -2.37. The first-order valence-electron chi connectivity index (χ1n) is 11.0. The monoisotopic (exact) mass is 470 g/mol. The second-order valence-electron chi connectivity index (χ2n) is 9.23. The average Bonchev–Trinajstić information content (AvgIpc) is 3.51. The van der Waals surface area contributed by atoms with Crippen molar-refractivity contribution in [1.29, 1.82) is 5.26 Å². The number of hydrogen-bond acceptors (Lipinski definition) is 3. The van der Waals surface area contributed by atoms with E-state index in [-0.39, 0.29) is 17.5 Å². The minimum Gasteiger partial charge on any atom is -0.320 e. The van der Waals surface area contributed by atoms with E-state index in [9.17, 15) is 10.1 Å². The molecule has 0 saturated heterocycles. The van der Waals surface area contributed by atoms with Crippen LogP contribution in [0.4, 0.5) is 10.5 Å². The van der Waals surface area contributed by atoms with Crippen molar-refractivity contribution in [2.75, 3.05) is 32.5 Å². The van der Waals surface area contributed by atoms with Crippen LogP contribution in [0.3, 0.4) is 0 Å². The summed E-state index contributed by atoms with van der Waals surface area (Å²) in [5, 5.41) is 13.2. The third-order valence-electron chi connectivity index (χ3n) is 6.94. The summed E-state index contributed by atoms with van der Waals surface area (Å²) >= 11 is 12.1. The number of carbonyl (C=O) groups is 1. The highest BCUT2D eigenvalue weighted by molar-refractivity contribution is 6.42. The number of likely N-dealkylation sites (N-methyl/N-ethyl adjacent to an activating group) is 1. The number of rotatable bonds is 6. The third kappa shape index (κ3) is 4.73. The lowest BCUT2D eigenvalue weighted by Crippen LogP contribution is -2.47. The Morgan fingerprint density at radius 2 is 2.00 bits per heavy atom. The molecule has 2 aliphatic rings. The first-order chi connectivity index (χ1) is 15.3. The molecule has 2 aliphatic carbocycles. The molecule has 168 valence electrons. The Morgan fingerprint density at radius 3 is 2.69 bits per heavy atom. The van der Waals surface area contributed by atoms with Crippen molar-refractivity contribution < 1.29 is 4.79 Å². The molecule has 2 aromatic rings. The summed E-state index contributed by atoms with van der Waals surface area (Å²) in [4.78, 5) is 17.3. The van der Waals surface area contributed by atoms with Crippen molar-refractivity contribution in [2.45, 2.75) is 37.1 Å². The van der Waals surface area contributed by atoms with E-state index in [1.807, 2.05) is 37.2 Å². The van der Waals surface area contributed by atoms with Crippen LogP contribution < -0.4 is 5.32 Å². The van der Waals surface area contributed by atoms with Crippen LogP contribution in [0.25, 0.3) is 0 Å². The molecular weight excluding hydrogens is 443 g/mol. The van der Waals surface area contributed by atoms with Gasteiger partial charge in [-0.05, 0) is 87.0 Å². The van der Waals surface area contributed by atoms with E-state index in [2.05, 4.69) is 22.4 Å². The quantitative estimate of drug-likeness (QED) is 0.582. The van der Waals surface area contributed by atoms with Crippen molar-refractivity contribution in [3.8, 4) is 6.07 Å². The van der Waals surface area contributed by atoms with E-state index in [1.165, 1.54) is 5.56 Å². The van der Waals surface area contributed by atoms with Gasteiger partial charge in [0.15, 0.2) is 0 Å². The average molecular weight is 471 g/mol. The Bertz CT molecular complexity index is 1050. The number of nitriles is 1. The molecule has 1 unspecified atom stereocenters. The van der Waals surface area contributed by atoms with Crippen LogP contribution in [0.1, 0.15) is 36.8 Å². The summed E-state index contributed by atoms with van der Waals surface area (Å²) < 4.78 is 0. The number of carbonyl (C=O) groups excluding carboxylic acids is 1. The summed E-state index contributed by atoms with van der Waals surface area (Å²) in [5.41, 5.74) is 2.82. The van der Waals surface area contributed by atoms with Crippen LogP contribution in [-0.2, 0) is 5.41 Å². The lowest BCUT2D eigenvalue weighted by atomic mass is 9.80. The van der Waals surface area contributed by atoms with Crippen molar-refractivity contribution in [2.24, 2.45) is 5.92 Å². The van der Waals surface area contributed by atoms with E-state index in [0.717, 1.165) is 37.8 Å². The summed E-state index contributed by atoms with van der Waals surface area (Å²) in [6, 6.07) is 15.5. The number of hydrogen-bond donors (Lipinski definition) is 1. The lowest BCUT2D eigenvalue weighted by molar-refractivity contribution is 0.153. The van der Waals surface area contributed by atoms with Gasteiger partial charge in [0.05, 0.1) is 21.7 Å². The van der Waals surface area contributed by atoms with E-state index in [1.54, 1.807) is 18.2 Å². The Morgan fingerprint density at radius 1 is 1.19 bits per heavy atom. The van der Waals surface area contributed by atoms with Crippen molar-refractivity contribution in [1.82, 2.24) is 9.80 Å². The molecule has 0 radical (unpaired) electrons. The fraction of sp³-hybridized carbons (Fsp3) is 0.440. The highest BCUT2D eigenvalue weighted by Gasteiger charge is 2.58. The molecule has 4 rings (SSSR count). The van der Waals surface area contributed by atoms with Gasteiger partial charge in [-0.25, -0.2) is 4.79 Å². The van der Waals surface area contributed by atoms with E-state index in [0.29, 0.717) is 28.2 Å². The van der Waals surface area contributed by atoms with E-state index >= 15 is 0 Å². The number of halogens is 2. The van der Waals surface area contributed by atoms with Crippen LogP contribution in [0.15, 0.2) is 42.5 Å². The van der Waals surface area contributed by atoms with Crippen molar-refractivity contribution in [3.63, 3.8) is 0 Å². The SMILES string of the molecule is CN(C)CCN(C(=O)Nc1ccc(Cl)c(Cl)c1)[C@@H]1CC[C@@]2(c3cccc(C#N)c3)CC2C1. The first kappa shape index (κ1) is 22.9. The van der Waals surface area contributed by atoms with Crippen molar-refractivity contribution in [3.05, 3.63) is 63.6 Å². The Balaban J connectivity index is 1.47. The van der Waals surface area contributed by atoms with E-state index < -0.39 is 0 Å². The van der Waals surface area contributed by atoms with Gasteiger partial charge in [-0.3, -0.25) is 0 Å². The summed E-state index contributed by atoms with van der Waals surface area (Å²) in [6.07, 6.45) is 4.11. The van der Waals surface area contributed by atoms with Gasteiger partial charge in [-0.2, -0.15) is 5.26 Å². The van der Waals surface area contributed by atoms with Gasteiger partial charge in [-0.15, -0.1) is 0 Å². The number of fused-ring (bicyclic) bond motifs is 1. The van der Waals surface area contributed by atoms with Crippen LogP contribution in [0.5, 0.6) is 0 Å². The molecule has 7 heteroatoms. The van der Waals surface area contributed by atoms with Crippen LogP contribution in [-0.4, -0.2) is 49.1 Å².